The van der Waals surface area contributed by atoms with Gasteiger partial charge in [0.15, 0.2) is 0 Å². The number of hydrogen-bond donors (Lipinski definition) is 0. The number of pyridine rings is 1. The summed E-state index contributed by atoms with van der Waals surface area (Å²) in [7, 11) is 0. The van der Waals surface area contributed by atoms with E-state index in [1.807, 2.05) is 29.4 Å². The quantitative estimate of drug-likeness (QED) is 0.496. The number of furan rings is 1. The number of thiazole rings is 1. The van der Waals surface area contributed by atoms with Crippen molar-refractivity contribution in [3.05, 3.63) is 48.5 Å². The molecule has 152 valence electrons. The maximum atomic E-state index is 11.7. The number of ether oxygens (including phenoxy) is 1. The van der Waals surface area contributed by atoms with Crippen LogP contribution in [0.1, 0.15) is 18.9 Å². The van der Waals surface area contributed by atoms with Crippen molar-refractivity contribution in [2.45, 2.75) is 32.0 Å². The van der Waals surface area contributed by atoms with Gasteiger partial charge in [0.1, 0.15) is 16.8 Å². The number of likely N-dealkylation sites (tertiary alicyclic amines) is 2. The Morgan fingerprint density at radius 2 is 2.23 bits per heavy atom. The molecule has 2 aliphatic heterocycles. The summed E-state index contributed by atoms with van der Waals surface area (Å²) >= 11 is 1.49. The highest BCUT2D eigenvalue weighted by Gasteiger charge is 2.44. The van der Waals surface area contributed by atoms with Crippen molar-refractivity contribution in [1.29, 1.82) is 0 Å². The van der Waals surface area contributed by atoms with Gasteiger partial charge in [-0.2, -0.15) is 0 Å². The van der Waals surface area contributed by atoms with E-state index < -0.39 is 0 Å². The van der Waals surface area contributed by atoms with Gasteiger partial charge in [0.2, 0.25) is 5.91 Å². The highest BCUT2D eigenvalue weighted by molar-refractivity contribution is 7.20. The lowest BCUT2D eigenvalue weighted by atomic mass is 10.1. The maximum absolute atomic E-state index is 11.7. The van der Waals surface area contributed by atoms with Gasteiger partial charge in [-0.25, -0.2) is 4.98 Å². The third kappa shape index (κ3) is 2.95. The number of carbonyl (C=O) groups is 1. The van der Waals surface area contributed by atoms with E-state index in [1.54, 1.807) is 19.3 Å². The summed E-state index contributed by atoms with van der Waals surface area (Å²) in [5, 5.41) is 1.69. The number of amides is 1. The smallest absolute Gasteiger partial charge is 0.279 e. The van der Waals surface area contributed by atoms with Gasteiger partial charge in [-0.05, 0) is 24.6 Å². The fourth-order valence-electron chi connectivity index (χ4n) is 4.70. The molecule has 1 aromatic carbocycles. The Balaban J connectivity index is 1.20. The molecule has 0 radical (unpaired) electrons. The summed E-state index contributed by atoms with van der Waals surface area (Å²) in [6, 6.07) is 8.65. The molecule has 2 fully saturated rings. The molecule has 5 heterocycles. The van der Waals surface area contributed by atoms with E-state index >= 15 is 0 Å². The van der Waals surface area contributed by atoms with Gasteiger partial charge in [0.25, 0.3) is 5.19 Å². The van der Waals surface area contributed by atoms with Crippen LogP contribution in [-0.4, -0.2) is 50.8 Å². The second-order valence-electron chi connectivity index (χ2n) is 7.99. The average Bonchev–Trinajstić information content (AvgIpc) is 3.50. The third-order valence-corrected chi connectivity index (χ3v) is 7.05. The van der Waals surface area contributed by atoms with Gasteiger partial charge >= 0.3 is 0 Å². The van der Waals surface area contributed by atoms with Gasteiger partial charge in [-0.15, -0.1) is 0 Å². The molecule has 2 bridgehead atoms. The molecule has 7 nitrogen and oxygen atoms in total. The van der Waals surface area contributed by atoms with Gasteiger partial charge in [-0.1, -0.05) is 11.3 Å². The number of piperazine rings is 1. The monoisotopic (exact) mass is 420 g/mol. The van der Waals surface area contributed by atoms with Gasteiger partial charge in [-0.3, -0.25) is 14.7 Å². The number of fused-ring (bicyclic) bond motifs is 4. The standard InChI is InChI=1S/C22H20N4O3S/c1-13(27)26-11-15-6-16(26)10-25(15)9-14-12-28-20-7-17(2-3-18(14)20)29-22-24-19-8-23-5-4-21(19)30-22/h2-5,7-8,12,15-16H,6,9-11H2,1H3/t15-,16-/m0/s1. The molecule has 8 heteroatoms. The Bertz CT molecular complexity index is 1230. The Kier molecular flexibility index (Phi) is 4.04. The topological polar surface area (TPSA) is 71.7 Å². The van der Waals surface area contributed by atoms with Crippen LogP contribution in [0.15, 0.2) is 47.3 Å². The molecule has 2 atom stereocenters. The van der Waals surface area contributed by atoms with Crippen LogP contribution in [0.25, 0.3) is 21.2 Å². The molecule has 0 aliphatic carbocycles. The summed E-state index contributed by atoms with van der Waals surface area (Å²) in [4.78, 5) is 24.8. The molecule has 1 amide bonds. The van der Waals surface area contributed by atoms with Gasteiger partial charge < -0.3 is 14.1 Å². The SMILES string of the molecule is CC(=O)N1C[C@@H]2C[C@H]1CN2Cc1coc2cc(Oc3nc4cnccc4s3)ccc12. The number of aromatic nitrogens is 2. The van der Waals surface area contributed by atoms with Crippen molar-refractivity contribution in [3.63, 3.8) is 0 Å². The second kappa shape index (κ2) is 6.78. The molecular formula is C22H20N4O3S. The zero-order chi connectivity index (χ0) is 20.2. The Labute approximate surface area is 176 Å². The Hall–Kier alpha value is -2.97. The minimum absolute atomic E-state index is 0.188. The van der Waals surface area contributed by atoms with Crippen molar-refractivity contribution < 1.29 is 13.9 Å². The highest BCUT2D eigenvalue weighted by Crippen LogP contribution is 2.35. The second-order valence-corrected chi connectivity index (χ2v) is 8.98. The first-order valence-electron chi connectivity index (χ1n) is 10.0. The van der Waals surface area contributed by atoms with Crippen molar-refractivity contribution >= 4 is 38.4 Å². The summed E-state index contributed by atoms with van der Waals surface area (Å²) in [6.07, 6.45) is 6.41. The van der Waals surface area contributed by atoms with Gasteiger partial charge in [0, 0.05) is 61.9 Å². The minimum atomic E-state index is 0.188. The van der Waals surface area contributed by atoms with Crippen LogP contribution in [0.4, 0.5) is 0 Å². The van der Waals surface area contributed by atoms with Crippen LogP contribution >= 0.6 is 11.3 Å². The number of carbonyl (C=O) groups excluding carboxylic acids is 1. The molecule has 3 aromatic heterocycles. The van der Waals surface area contributed by atoms with Crippen LogP contribution in [0, 0.1) is 0 Å². The van der Waals surface area contributed by atoms with Crippen LogP contribution < -0.4 is 4.74 Å². The van der Waals surface area contributed by atoms with E-state index in [-0.39, 0.29) is 5.91 Å². The molecule has 6 rings (SSSR count). The molecule has 2 saturated heterocycles. The van der Waals surface area contributed by atoms with Crippen molar-refractivity contribution in [1.82, 2.24) is 19.8 Å². The van der Waals surface area contributed by atoms with E-state index in [1.165, 1.54) is 16.9 Å². The van der Waals surface area contributed by atoms with E-state index in [0.29, 0.717) is 23.0 Å². The molecular weight excluding hydrogens is 400 g/mol. The molecule has 0 unspecified atom stereocenters. The van der Waals surface area contributed by atoms with Crippen molar-refractivity contribution in [3.8, 4) is 10.9 Å². The number of benzene rings is 1. The maximum Gasteiger partial charge on any atom is 0.279 e. The third-order valence-electron chi connectivity index (χ3n) is 6.13. The van der Waals surface area contributed by atoms with E-state index in [0.717, 1.165) is 47.2 Å². The largest absolute Gasteiger partial charge is 0.464 e. The number of nitrogens with zero attached hydrogens (tertiary/aromatic N) is 4. The molecule has 30 heavy (non-hydrogen) atoms. The number of hydrogen-bond acceptors (Lipinski definition) is 7. The molecule has 4 aromatic rings. The first kappa shape index (κ1) is 17.9. The number of rotatable bonds is 4. The van der Waals surface area contributed by atoms with Crippen LogP contribution in [0.5, 0.6) is 10.9 Å². The van der Waals surface area contributed by atoms with Gasteiger partial charge in [0.05, 0.1) is 17.2 Å². The fourth-order valence-corrected chi connectivity index (χ4v) is 5.50. The molecule has 0 saturated carbocycles. The van der Waals surface area contributed by atoms with Crippen molar-refractivity contribution in [2.75, 3.05) is 13.1 Å². The zero-order valence-electron chi connectivity index (χ0n) is 16.4. The lowest BCUT2D eigenvalue weighted by Gasteiger charge is -2.33. The average molecular weight is 420 g/mol. The highest BCUT2D eigenvalue weighted by atomic mass is 32.1. The van der Waals surface area contributed by atoms with Crippen molar-refractivity contribution in [2.24, 2.45) is 0 Å². The predicted molar refractivity (Wildman–Crippen MR) is 114 cm³/mol. The summed E-state index contributed by atoms with van der Waals surface area (Å²) < 4.78 is 12.8. The predicted octanol–water partition coefficient (Wildman–Crippen LogP) is 4.03. The zero-order valence-corrected chi connectivity index (χ0v) is 17.3. The van der Waals surface area contributed by atoms with E-state index in [4.69, 9.17) is 9.15 Å². The fraction of sp³-hybridized carbons (Fsp3) is 0.318. The normalized spacial score (nSPS) is 21.2. The first-order valence-corrected chi connectivity index (χ1v) is 10.9. The lowest BCUT2D eigenvalue weighted by molar-refractivity contribution is -0.131. The van der Waals surface area contributed by atoms with E-state index in [2.05, 4.69) is 20.9 Å². The van der Waals surface area contributed by atoms with E-state index in [9.17, 15) is 4.79 Å². The Morgan fingerprint density at radius 1 is 1.30 bits per heavy atom. The van der Waals surface area contributed by atoms with Crippen LogP contribution in [0.3, 0.4) is 0 Å². The first-order chi connectivity index (χ1) is 14.6. The molecule has 0 N–H and O–H groups in total. The minimum Gasteiger partial charge on any atom is -0.464 e. The summed E-state index contributed by atoms with van der Waals surface area (Å²) in [6.45, 7) is 4.28. The molecule has 2 aliphatic rings. The summed E-state index contributed by atoms with van der Waals surface area (Å²) in [5.41, 5.74) is 2.81. The molecule has 0 spiro atoms. The van der Waals surface area contributed by atoms with Crippen LogP contribution in [0.2, 0.25) is 0 Å². The lowest BCUT2D eigenvalue weighted by Crippen LogP contribution is -2.47. The summed E-state index contributed by atoms with van der Waals surface area (Å²) in [5.74, 6) is 0.889. The van der Waals surface area contributed by atoms with Crippen LogP contribution in [-0.2, 0) is 11.3 Å². The Morgan fingerprint density at radius 3 is 3.03 bits per heavy atom.